The number of rotatable bonds is 5. The molecule has 2 aromatic carbocycles. The summed E-state index contributed by atoms with van der Waals surface area (Å²) < 4.78 is 5.78. The molecule has 0 spiro atoms. The van der Waals surface area contributed by atoms with Crippen molar-refractivity contribution in [3.8, 4) is 0 Å². The van der Waals surface area contributed by atoms with E-state index in [1.54, 1.807) is 6.08 Å². The highest BCUT2D eigenvalue weighted by molar-refractivity contribution is 6.05. The van der Waals surface area contributed by atoms with Crippen molar-refractivity contribution in [3.05, 3.63) is 89.9 Å². The zero-order chi connectivity index (χ0) is 20.9. The number of benzene rings is 2. The Balaban J connectivity index is 1.49. The number of carbonyl (C=O) groups excluding carboxylic acids is 1. The van der Waals surface area contributed by atoms with Crippen molar-refractivity contribution in [2.75, 3.05) is 43.4 Å². The molecule has 1 aliphatic rings. The van der Waals surface area contributed by atoms with Gasteiger partial charge in [-0.25, -0.2) is 0 Å². The summed E-state index contributed by atoms with van der Waals surface area (Å²) in [6.45, 7) is 6.07. The molecular weight excluding hydrogens is 374 g/mol. The molecule has 3 aromatic rings. The van der Waals surface area contributed by atoms with E-state index in [2.05, 4.69) is 34.3 Å². The molecule has 154 valence electrons. The van der Waals surface area contributed by atoms with Gasteiger partial charge in [0.15, 0.2) is 0 Å². The van der Waals surface area contributed by atoms with Gasteiger partial charge in [0, 0.05) is 49.2 Å². The van der Waals surface area contributed by atoms with Crippen molar-refractivity contribution < 1.29 is 9.21 Å². The molecule has 1 aromatic heterocycles. The monoisotopic (exact) mass is 401 g/mol. The summed E-state index contributed by atoms with van der Waals surface area (Å²) in [6, 6.07) is 21.7. The molecule has 1 fully saturated rings. The molecule has 5 heteroatoms. The molecule has 1 saturated heterocycles. The van der Waals surface area contributed by atoms with Crippen LogP contribution in [0.4, 0.5) is 11.4 Å². The smallest absolute Gasteiger partial charge is 0.249 e. The van der Waals surface area contributed by atoms with Gasteiger partial charge in [-0.2, -0.15) is 0 Å². The Morgan fingerprint density at radius 3 is 2.27 bits per heavy atom. The second kappa shape index (κ2) is 9.01. The van der Waals surface area contributed by atoms with E-state index in [-0.39, 0.29) is 5.91 Å². The van der Waals surface area contributed by atoms with E-state index in [1.165, 1.54) is 5.69 Å². The SMILES string of the molecule is Cc1ccc(C(=CC(=O)Nc2ccc(N3CCN(C)CC3)cc2)c2ccccc2)o1. The summed E-state index contributed by atoms with van der Waals surface area (Å²) in [5.41, 5.74) is 3.66. The maximum Gasteiger partial charge on any atom is 0.249 e. The van der Waals surface area contributed by atoms with E-state index in [1.807, 2.05) is 61.5 Å². The van der Waals surface area contributed by atoms with Crippen LogP contribution in [0.5, 0.6) is 0 Å². The maximum atomic E-state index is 12.8. The minimum Gasteiger partial charge on any atom is -0.461 e. The molecular formula is C25H27N3O2. The molecule has 0 saturated carbocycles. The lowest BCUT2D eigenvalue weighted by molar-refractivity contribution is -0.111. The van der Waals surface area contributed by atoms with E-state index in [9.17, 15) is 4.79 Å². The fourth-order valence-corrected chi connectivity index (χ4v) is 3.62. The van der Waals surface area contributed by atoms with E-state index in [0.29, 0.717) is 5.76 Å². The van der Waals surface area contributed by atoms with Crippen LogP contribution in [0, 0.1) is 6.92 Å². The lowest BCUT2D eigenvalue weighted by atomic mass is 10.0. The van der Waals surface area contributed by atoms with E-state index < -0.39 is 0 Å². The van der Waals surface area contributed by atoms with E-state index >= 15 is 0 Å². The quantitative estimate of drug-likeness (QED) is 0.644. The van der Waals surface area contributed by atoms with Crippen LogP contribution in [-0.2, 0) is 4.79 Å². The normalized spacial score (nSPS) is 15.3. The highest BCUT2D eigenvalue weighted by Gasteiger charge is 2.15. The maximum absolute atomic E-state index is 12.8. The van der Waals surface area contributed by atoms with Crippen molar-refractivity contribution in [3.63, 3.8) is 0 Å². The Hall–Kier alpha value is -3.31. The lowest BCUT2D eigenvalue weighted by Crippen LogP contribution is -2.44. The Morgan fingerprint density at radius 2 is 1.63 bits per heavy atom. The number of amides is 1. The van der Waals surface area contributed by atoms with Gasteiger partial charge in [-0.1, -0.05) is 30.3 Å². The fourth-order valence-electron chi connectivity index (χ4n) is 3.62. The van der Waals surface area contributed by atoms with Gasteiger partial charge < -0.3 is 19.5 Å². The first-order chi connectivity index (χ1) is 14.6. The summed E-state index contributed by atoms with van der Waals surface area (Å²) >= 11 is 0. The number of furan rings is 1. The first-order valence-corrected chi connectivity index (χ1v) is 10.3. The van der Waals surface area contributed by atoms with Gasteiger partial charge in [-0.15, -0.1) is 0 Å². The molecule has 30 heavy (non-hydrogen) atoms. The molecule has 0 radical (unpaired) electrons. The van der Waals surface area contributed by atoms with Gasteiger partial charge in [-0.05, 0) is 55.9 Å². The first-order valence-electron chi connectivity index (χ1n) is 10.3. The number of aryl methyl sites for hydroxylation is 1. The third-order valence-electron chi connectivity index (χ3n) is 5.37. The molecule has 1 aliphatic heterocycles. The number of likely N-dealkylation sites (N-methyl/N-ethyl adjacent to an activating group) is 1. The van der Waals surface area contributed by atoms with Gasteiger partial charge >= 0.3 is 0 Å². The fraction of sp³-hybridized carbons (Fsp3) is 0.240. The predicted octanol–water partition coefficient (Wildman–Crippen LogP) is 4.41. The van der Waals surface area contributed by atoms with E-state index in [0.717, 1.165) is 48.8 Å². The zero-order valence-corrected chi connectivity index (χ0v) is 17.5. The average Bonchev–Trinajstić information content (AvgIpc) is 3.20. The minimum atomic E-state index is -0.185. The Bertz CT molecular complexity index is 1010. The Labute approximate surface area is 177 Å². The highest BCUT2D eigenvalue weighted by Crippen LogP contribution is 2.25. The standard InChI is InChI=1S/C25H27N3O2/c1-19-8-13-24(30-19)23(20-6-4-3-5-7-20)18-25(29)26-21-9-11-22(12-10-21)28-16-14-27(2)15-17-28/h3-13,18H,14-17H2,1-2H3,(H,26,29). The number of piperazine rings is 1. The van der Waals surface area contributed by atoms with Gasteiger partial charge in [0.25, 0.3) is 0 Å². The molecule has 5 nitrogen and oxygen atoms in total. The topological polar surface area (TPSA) is 48.7 Å². The molecule has 0 aliphatic carbocycles. The second-order valence-electron chi connectivity index (χ2n) is 7.66. The number of anilines is 2. The van der Waals surface area contributed by atoms with Crippen molar-refractivity contribution in [2.24, 2.45) is 0 Å². The van der Waals surface area contributed by atoms with Crippen molar-refractivity contribution >= 4 is 22.9 Å². The van der Waals surface area contributed by atoms with Crippen LogP contribution < -0.4 is 10.2 Å². The van der Waals surface area contributed by atoms with Crippen LogP contribution in [0.1, 0.15) is 17.1 Å². The summed E-state index contributed by atoms with van der Waals surface area (Å²) in [5, 5.41) is 2.97. The van der Waals surface area contributed by atoms with Gasteiger partial charge in [-0.3, -0.25) is 4.79 Å². The molecule has 4 rings (SSSR count). The number of nitrogens with one attached hydrogen (secondary N) is 1. The Morgan fingerprint density at radius 1 is 0.933 bits per heavy atom. The van der Waals surface area contributed by atoms with Crippen LogP contribution in [0.25, 0.3) is 5.57 Å². The van der Waals surface area contributed by atoms with Crippen molar-refractivity contribution in [2.45, 2.75) is 6.92 Å². The molecule has 1 N–H and O–H groups in total. The first kappa shape index (κ1) is 20.0. The summed E-state index contributed by atoms with van der Waals surface area (Å²) in [4.78, 5) is 17.5. The molecule has 1 amide bonds. The molecule has 0 unspecified atom stereocenters. The minimum absolute atomic E-state index is 0.185. The van der Waals surface area contributed by atoms with E-state index in [4.69, 9.17) is 4.42 Å². The van der Waals surface area contributed by atoms with Crippen LogP contribution >= 0.6 is 0 Å². The van der Waals surface area contributed by atoms with Gasteiger partial charge in [0.1, 0.15) is 11.5 Å². The highest BCUT2D eigenvalue weighted by atomic mass is 16.3. The number of nitrogens with zero attached hydrogens (tertiary/aromatic N) is 2. The van der Waals surface area contributed by atoms with Crippen molar-refractivity contribution in [1.82, 2.24) is 4.90 Å². The third kappa shape index (κ3) is 4.81. The lowest BCUT2D eigenvalue weighted by Gasteiger charge is -2.34. The predicted molar refractivity (Wildman–Crippen MR) is 122 cm³/mol. The zero-order valence-electron chi connectivity index (χ0n) is 17.5. The molecule has 0 bridgehead atoms. The molecule has 2 heterocycles. The van der Waals surface area contributed by atoms with Crippen LogP contribution in [0.2, 0.25) is 0 Å². The number of hydrogen-bond acceptors (Lipinski definition) is 4. The number of hydrogen-bond donors (Lipinski definition) is 1. The molecule has 0 atom stereocenters. The Kier molecular flexibility index (Phi) is 6.00. The second-order valence-corrected chi connectivity index (χ2v) is 7.66. The van der Waals surface area contributed by atoms with Crippen molar-refractivity contribution in [1.29, 1.82) is 0 Å². The van der Waals surface area contributed by atoms with Crippen LogP contribution in [0.15, 0.2) is 77.2 Å². The van der Waals surface area contributed by atoms with Crippen LogP contribution in [-0.4, -0.2) is 44.0 Å². The van der Waals surface area contributed by atoms with Crippen LogP contribution in [0.3, 0.4) is 0 Å². The van der Waals surface area contributed by atoms with Gasteiger partial charge in [0.2, 0.25) is 5.91 Å². The van der Waals surface area contributed by atoms with Gasteiger partial charge in [0.05, 0.1) is 0 Å². The summed E-state index contributed by atoms with van der Waals surface area (Å²) in [7, 11) is 2.15. The summed E-state index contributed by atoms with van der Waals surface area (Å²) in [6.07, 6.45) is 1.60. The number of carbonyl (C=O) groups is 1. The third-order valence-corrected chi connectivity index (χ3v) is 5.37. The largest absolute Gasteiger partial charge is 0.461 e. The summed E-state index contributed by atoms with van der Waals surface area (Å²) in [5.74, 6) is 1.31. The average molecular weight is 402 g/mol.